The van der Waals surface area contributed by atoms with Gasteiger partial charge in [0.2, 0.25) is 0 Å². The fourth-order valence-electron chi connectivity index (χ4n) is 2.34. The number of benzene rings is 1. The van der Waals surface area contributed by atoms with E-state index in [-0.39, 0.29) is 18.9 Å². The maximum atomic E-state index is 12.1. The van der Waals surface area contributed by atoms with Crippen molar-refractivity contribution in [3.8, 4) is 0 Å². The van der Waals surface area contributed by atoms with Crippen LogP contribution in [0.1, 0.15) is 19.4 Å². The molecule has 1 aromatic carbocycles. The number of para-hydroxylation sites is 1. The van der Waals surface area contributed by atoms with Crippen molar-refractivity contribution in [2.75, 3.05) is 24.7 Å². The van der Waals surface area contributed by atoms with Crippen molar-refractivity contribution in [1.82, 2.24) is 0 Å². The highest BCUT2D eigenvalue weighted by Crippen LogP contribution is 2.31. The van der Waals surface area contributed by atoms with Gasteiger partial charge in [-0.25, -0.2) is 9.59 Å². The van der Waals surface area contributed by atoms with E-state index in [0.717, 1.165) is 17.7 Å². The molecule has 2 rings (SSSR count). The van der Waals surface area contributed by atoms with Gasteiger partial charge in [-0.05, 0) is 31.9 Å². The van der Waals surface area contributed by atoms with Crippen LogP contribution in [-0.2, 0) is 25.5 Å². The standard InChI is InChI=1S/C16H19NO4/c1-3-20-15(18)11-14(16(19)21-4-2)17-10-9-12-7-5-6-8-13(12)17/h5-8,11H,3-4,9-10H2,1-2H3/b14-11-. The first kappa shape index (κ1) is 15.1. The number of nitrogens with zero attached hydrogens (tertiary/aromatic N) is 1. The van der Waals surface area contributed by atoms with Crippen molar-refractivity contribution in [1.29, 1.82) is 0 Å². The Morgan fingerprint density at radius 3 is 2.62 bits per heavy atom. The summed E-state index contributed by atoms with van der Waals surface area (Å²) in [6.45, 7) is 4.62. The highest BCUT2D eigenvalue weighted by molar-refractivity contribution is 6.00. The van der Waals surface area contributed by atoms with Gasteiger partial charge in [-0.15, -0.1) is 0 Å². The van der Waals surface area contributed by atoms with E-state index >= 15 is 0 Å². The molecule has 112 valence electrons. The summed E-state index contributed by atoms with van der Waals surface area (Å²) in [5.74, 6) is -1.05. The minimum atomic E-state index is -0.537. The van der Waals surface area contributed by atoms with Gasteiger partial charge in [0.25, 0.3) is 0 Å². The Bertz CT molecular complexity index is 565. The minimum absolute atomic E-state index is 0.222. The number of esters is 2. The van der Waals surface area contributed by atoms with Gasteiger partial charge in [0.15, 0.2) is 0 Å². The minimum Gasteiger partial charge on any atom is -0.463 e. The molecule has 0 aliphatic carbocycles. The second-order valence-electron chi connectivity index (χ2n) is 4.53. The number of rotatable bonds is 5. The average molecular weight is 289 g/mol. The van der Waals surface area contributed by atoms with Crippen molar-refractivity contribution in [3.05, 3.63) is 41.6 Å². The van der Waals surface area contributed by atoms with E-state index in [4.69, 9.17) is 9.47 Å². The van der Waals surface area contributed by atoms with Crippen molar-refractivity contribution < 1.29 is 19.1 Å². The fourth-order valence-corrected chi connectivity index (χ4v) is 2.34. The summed E-state index contributed by atoms with van der Waals surface area (Å²) < 4.78 is 9.95. The maximum absolute atomic E-state index is 12.1. The lowest BCUT2D eigenvalue weighted by Gasteiger charge is -2.21. The molecule has 0 atom stereocenters. The van der Waals surface area contributed by atoms with Crippen LogP contribution in [0.15, 0.2) is 36.0 Å². The number of carbonyl (C=O) groups is 2. The predicted octanol–water partition coefficient (Wildman–Crippen LogP) is 2.06. The van der Waals surface area contributed by atoms with E-state index in [1.54, 1.807) is 13.8 Å². The van der Waals surface area contributed by atoms with Crippen molar-refractivity contribution in [2.45, 2.75) is 20.3 Å². The van der Waals surface area contributed by atoms with Gasteiger partial charge in [-0.3, -0.25) is 0 Å². The van der Waals surface area contributed by atoms with E-state index < -0.39 is 11.9 Å². The zero-order valence-corrected chi connectivity index (χ0v) is 12.3. The number of hydrogen-bond donors (Lipinski definition) is 0. The molecule has 1 aliphatic rings. The Kier molecular flexibility index (Phi) is 4.98. The molecule has 0 N–H and O–H groups in total. The molecule has 5 heteroatoms. The fraction of sp³-hybridized carbons (Fsp3) is 0.375. The summed E-state index contributed by atoms with van der Waals surface area (Å²) in [5.41, 5.74) is 2.30. The molecule has 0 unspecified atom stereocenters. The third kappa shape index (κ3) is 3.42. The van der Waals surface area contributed by atoms with Crippen LogP contribution >= 0.6 is 0 Å². The van der Waals surface area contributed by atoms with Gasteiger partial charge in [-0.2, -0.15) is 0 Å². The van der Waals surface area contributed by atoms with Gasteiger partial charge >= 0.3 is 11.9 Å². The Balaban J connectivity index is 2.32. The zero-order valence-electron chi connectivity index (χ0n) is 12.3. The Hall–Kier alpha value is -2.30. The van der Waals surface area contributed by atoms with Crippen LogP contribution in [0.5, 0.6) is 0 Å². The van der Waals surface area contributed by atoms with Crippen LogP contribution in [0.2, 0.25) is 0 Å². The molecular weight excluding hydrogens is 270 g/mol. The molecular formula is C16H19NO4. The van der Waals surface area contributed by atoms with Crippen LogP contribution in [0.4, 0.5) is 5.69 Å². The van der Waals surface area contributed by atoms with Crippen molar-refractivity contribution in [3.63, 3.8) is 0 Å². The van der Waals surface area contributed by atoms with Crippen LogP contribution in [0.25, 0.3) is 0 Å². The van der Waals surface area contributed by atoms with Gasteiger partial charge in [0.05, 0.1) is 19.3 Å². The Morgan fingerprint density at radius 2 is 1.90 bits per heavy atom. The molecule has 0 saturated heterocycles. The summed E-state index contributed by atoms with van der Waals surface area (Å²) in [7, 11) is 0. The average Bonchev–Trinajstić information content (AvgIpc) is 2.89. The molecule has 0 bridgehead atoms. The summed E-state index contributed by atoms with van der Waals surface area (Å²) in [6, 6.07) is 7.81. The topological polar surface area (TPSA) is 55.8 Å². The second kappa shape index (κ2) is 6.92. The molecule has 0 spiro atoms. The number of hydrogen-bond acceptors (Lipinski definition) is 5. The SMILES string of the molecule is CCOC(=O)/C=C(/C(=O)OCC)N1CCc2ccccc21. The lowest BCUT2D eigenvalue weighted by atomic mass is 10.2. The molecule has 0 aromatic heterocycles. The molecule has 0 amide bonds. The molecule has 1 aromatic rings. The molecule has 21 heavy (non-hydrogen) atoms. The van der Waals surface area contributed by atoms with Crippen LogP contribution in [0.3, 0.4) is 0 Å². The smallest absolute Gasteiger partial charge is 0.355 e. The third-order valence-corrected chi connectivity index (χ3v) is 3.20. The number of ether oxygens (including phenoxy) is 2. The lowest BCUT2D eigenvalue weighted by molar-refractivity contribution is -0.141. The van der Waals surface area contributed by atoms with Crippen LogP contribution < -0.4 is 4.90 Å². The first-order chi connectivity index (χ1) is 10.2. The van der Waals surface area contributed by atoms with Crippen molar-refractivity contribution >= 4 is 17.6 Å². The monoisotopic (exact) mass is 289 g/mol. The molecule has 0 radical (unpaired) electrons. The highest BCUT2D eigenvalue weighted by Gasteiger charge is 2.27. The molecule has 0 saturated carbocycles. The normalized spacial score (nSPS) is 13.8. The largest absolute Gasteiger partial charge is 0.463 e. The van der Waals surface area contributed by atoms with Crippen LogP contribution in [-0.4, -0.2) is 31.7 Å². The predicted molar refractivity (Wildman–Crippen MR) is 78.8 cm³/mol. The highest BCUT2D eigenvalue weighted by atomic mass is 16.5. The molecule has 0 fully saturated rings. The van der Waals surface area contributed by atoms with Gasteiger partial charge in [0.1, 0.15) is 5.70 Å². The Labute approximate surface area is 124 Å². The van der Waals surface area contributed by atoms with Gasteiger partial charge in [0, 0.05) is 12.2 Å². The van der Waals surface area contributed by atoms with E-state index in [9.17, 15) is 9.59 Å². The third-order valence-electron chi connectivity index (χ3n) is 3.20. The van der Waals surface area contributed by atoms with Crippen molar-refractivity contribution in [2.24, 2.45) is 0 Å². The first-order valence-electron chi connectivity index (χ1n) is 7.08. The van der Waals surface area contributed by atoms with E-state index in [1.165, 1.54) is 6.08 Å². The number of fused-ring (bicyclic) bond motifs is 1. The Morgan fingerprint density at radius 1 is 1.19 bits per heavy atom. The summed E-state index contributed by atoms with van der Waals surface area (Å²) in [6.07, 6.45) is 2.04. The molecule has 1 aliphatic heterocycles. The first-order valence-corrected chi connectivity index (χ1v) is 7.08. The lowest BCUT2D eigenvalue weighted by Crippen LogP contribution is -2.28. The number of carbonyl (C=O) groups excluding carboxylic acids is 2. The van der Waals surface area contributed by atoms with Crippen LogP contribution in [0, 0.1) is 0 Å². The van der Waals surface area contributed by atoms with Gasteiger partial charge in [-0.1, -0.05) is 18.2 Å². The zero-order chi connectivity index (χ0) is 15.2. The van der Waals surface area contributed by atoms with E-state index in [0.29, 0.717) is 6.54 Å². The molecule has 5 nitrogen and oxygen atoms in total. The summed E-state index contributed by atoms with van der Waals surface area (Å²) in [4.78, 5) is 25.6. The van der Waals surface area contributed by atoms with Gasteiger partial charge < -0.3 is 14.4 Å². The number of anilines is 1. The summed E-state index contributed by atoms with van der Waals surface area (Å²) >= 11 is 0. The summed E-state index contributed by atoms with van der Waals surface area (Å²) in [5, 5.41) is 0. The second-order valence-corrected chi connectivity index (χ2v) is 4.53. The quantitative estimate of drug-likeness (QED) is 0.613. The molecule has 1 heterocycles. The van der Waals surface area contributed by atoms with E-state index in [1.807, 2.05) is 29.2 Å². The maximum Gasteiger partial charge on any atom is 0.355 e. The van der Waals surface area contributed by atoms with E-state index in [2.05, 4.69) is 0 Å².